The highest BCUT2D eigenvalue weighted by atomic mass is 35.5. The molecule has 0 saturated heterocycles. The van der Waals surface area contributed by atoms with Crippen LogP contribution >= 0.6 is 11.6 Å². The second-order valence-corrected chi connectivity index (χ2v) is 4.63. The van der Waals surface area contributed by atoms with Crippen LogP contribution in [0, 0.1) is 5.82 Å². The van der Waals surface area contributed by atoms with Crippen LogP contribution in [-0.4, -0.2) is 15.2 Å². The summed E-state index contributed by atoms with van der Waals surface area (Å²) < 4.78 is 13.1. The highest BCUT2D eigenvalue weighted by Gasteiger charge is 2.17. The first kappa shape index (κ1) is 12.6. The molecule has 3 aromatic rings. The zero-order chi connectivity index (χ0) is 14.1. The van der Waals surface area contributed by atoms with Crippen LogP contribution < -0.4 is 5.73 Å². The monoisotopic (exact) mass is 288 g/mol. The molecule has 0 aliphatic heterocycles. The molecular formula is C14H10ClFN4. The van der Waals surface area contributed by atoms with Gasteiger partial charge < -0.3 is 5.73 Å². The second kappa shape index (κ2) is 4.94. The van der Waals surface area contributed by atoms with Gasteiger partial charge in [-0.25, -0.2) is 4.39 Å². The van der Waals surface area contributed by atoms with Gasteiger partial charge in [0.15, 0.2) is 5.82 Å². The van der Waals surface area contributed by atoms with Crippen LogP contribution in [0.15, 0.2) is 42.7 Å². The Labute approximate surface area is 119 Å². The lowest BCUT2D eigenvalue weighted by molar-refractivity contribution is 0.628. The molecule has 6 heteroatoms. The molecule has 0 bridgehead atoms. The van der Waals surface area contributed by atoms with E-state index in [-0.39, 0.29) is 0 Å². The molecule has 100 valence electrons. The fourth-order valence-corrected chi connectivity index (χ4v) is 2.31. The number of halogens is 2. The van der Waals surface area contributed by atoms with Crippen molar-refractivity contribution in [2.75, 3.05) is 5.73 Å². The standard InChI is InChI=1S/C14H10ClFN4/c15-11-6-9(16)3-4-10(11)13-12(14(17)20-19-13)8-2-1-5-18-7-8/h1-7H,(H3,17,19,20). The molecule has 2 aromatic heterocycles. The van der Waals surface area contributed by atoms with E-state index in [4.69, 9.17) is 17.3 Å². The lowest BCUT2D eigenvalue weighted by Crippen LogP contribution is -1.90. The molecule has 3 rings (SSSR count). The van der Waals surface area contributed by atoms with E-state index in [2.05, 4.69) is 15.2 Å². The number of nitrogens with zero attached hydrogens (tertiary/aromatic N) is 2. The fourth-order valence-electron chi connectivity index (χ4n) is 2.05. The van der Waals surface area contributed by atoms with Crippen LogP contribution in [0.25, 0.3) is 22.4 Å². The van der Waals surface area contributed by atoms with Crippen LogP contribution in [-0.2, 0) is 0 Å². The number of anilines is 1. The van der Waals surface area contributed by atoms with E-state index in [9.17, 15) is 4.39 Å². The summed E-state index contributed by atoms with van der Waals surface area (Å²) >= 11 is 6.09. The normalized spacial score (nSPS) is 10.7. The van der Waals surface area contributed by atoms with Gasteiger partial charge in [0.1, 0.15) is 5.82 Å². The molecule has 0 atom stereocenters. The minimum Gasteiger partial charge on any atom is -0.382 e. The first-order chi connectivity index (χ1) is 9.66. The average Bonchev–Trinajstić information content (AvgIpc) is 2.81. The molecule has 1 aromatic carbocycles. The number of H-pyrrole nitrogens is 1. The minimum absolute atomic E-state index is 0.291. The van der Waals surface area contributed by atoms with Crippen LogP contribution in [0.5, 0.6) is 0 Å². The maximum absolute atomic E-state index is 13.1. The van der Waals surface area contributed by atoms with E-state index >= 15 is 0 Å². The zero-order valence-electron chi connectivity index (χ0n) is 10.3. The van der Waals surface area contributed by atoms with Crippen molar-refractivity contribution < 1.29 is 4.39 Å². The molecule has 0 amide bonds. The van der Waals surface area contributed by atoms with Gasteiger partial charge >= 0.3 is 0 Å². The summed E-state index contributed by atoms with van der Waals surface area (Å²) in [7, 11) is 0. The Morgan fingerprint density at radius 3 is 2.80 bits per heavy atom. The average molecular weight is 289 g/mol. The lowest BCUT2D eigenvalue weighted by atomic mass is 10.0. The van der Waals surface area contributed by atoms with Gasteiger partial charge in [0.05, 0.1) is 16.3 Å². The second-order valence-electron chi connectivity index (χ2n) is 4.22. The third-order valence-electron chi connectivity index (χ3n) is 2.94. The van der Waals surface area contributed by atoms with E-state index in [1.54, 1.807) is 24.5 Å². The Bertz CT molecular complexity index is 755. The summed E-state index contributed by atoms with van der Waals surface area (Å²) in [4.78, 5) is 4.06. The van der Waals surface area contributed by atoms with Crippen LogP contribution in [0.1, 0.15) is 0 Å². The molecular weight excluding hydrogens is 279 g/mol. The number of pyridine rings is 1. The summed E-state index contributed by atoms with van der Waals surface area (Å²) in [5.41, 5.74) is 8.69. The van der Waals surface area contributed by atoms with Crippen molar-refractivity contribution in [2.24, 2.45) is 0 Å². The van der Waals surface area contributed by atoms with Gasteiger partial charge in [0, 0.05) is 23.5 Å². The van der Waals surface area contributed by atoms with Gasteiger partial charge in [0.2, 0.25) is 0 Å². The molecule has 0 aliphatic rings. The van der Waals surface area contributed by atoms with E-state index < -0.39 is 5.82 Å². The number of rotatable bonds is 2. The summed E-state index contributed by atoms with van der Waals surface area (Å²) in [5, 5.41) is 7.14. The number of benzene rings is 1. The van der Waals surface area contributed by atoms with Crippen molar-refractivity contribution in [1.82, 2.24) is 15.2 Å². The smallest absolute Gasteiger partial charge is 0.153 e. The fraction of sp³-hybridized carbons (Fsp3) is 0. The number of nitrogens with two attached hydrogens (primary N) is 1. The maximum atomic E-state index is 13.1. The lowest BCUT2D eigenvalue weighted by Gasteiger charge is -2.06. The number of aromatic amines is 1. The number of nitrogens with one attached hydrogen (secondary N) is 1. The van der Waals surface area contributed by atoms with Gasteiger partial charge in [-0.15, -0.1) is 0 Å². The predicted molar refractivity (Wildman–Crippen MR) is 76.6 cm³/mol. The Hall–Kier alpha value is -2.40. The van der Waals surface area contributed by atoms with Crippen LogP contribution in [0.4, 0.5) is 10.2 Å². The number of hydrogen-bond donors (Lipinski definition) is 2. The quantitative estimate of drug-likeness (QED) is 0.758. The minimum atomic E-state index is -0.394. The molecule has 0 saturated carbocycles. The summed E-state index contributed by atoms with van der Waals surface area (Å²) in [6.45, 7) is 0. The largest absolute Gasteiger partial charge is 0.382 e. The topological polar surface area (TPSA) is 67.6 Å². The molecule has 0 spiro atoms. The van der Waals surface area contributed by atoms with Crippen molar-refractivity contribution in [2.45, 2.75) is 0 Å². The molecule has 0 radical (unpaired) electrons. The van der Waals surface area contributed by atoms with Gasteiger partial charge in [-0.1, -0.05) is 17.7 Å². The third-order valence-corrected chi connectivity index (χ3v) is 3.26. The summed E-state index contributed by atoms with van der Waals surface area (Å²) in [6.07, 6.45) is 3.35. The van der Waals surface area contributed by atoms with Crippen LogP contribution in [0.2, 0.25) is 5.02 Å². The summed E-state index contributed by atoms with van der Waals surface area (Å²) in [6, 6.07) is 7.85. The number of aromatic nitrogens is 3. The van der Waals surface area contributed by atoms with Gasteiger partial charge in [-0.05, 0) is 24.3 Å². The maximum Gasteiger partial charge on any atom is 0.153 e. The molecule has 3 N–H and O–H groups in total. The number of nitrogen functional groups attached to an aromatic ring is 1. The van der Waals surface area contributed by atoms with E-state index in [1.165, 1.54) is 12.1 Å². The van der Waals surface area contributed by atoms with Crippen molar-refractivity contribution >= 4 is 17.4 Å². The number of hydrogen-bond acceptors (Lipinski definition) is 3. The van der Waals surface area contributed by atoms with Gasteiger partial charge in [-0.2, -0.15) is 5.10 Å². The molecule has 0 fully saturated rings. The van der Waals surface area contributed by atoms with Crippen LogP contribution in [0.3, 0.4) is 0 Å². The first-order valence-electron chi connectivity index (χ1n) is 5.86. The SMILES string of the molecule is Nc1n[nH]c(-c2ccc(F)cc2Cl)c1-c1cccnc1. The Kier molecular flexibility index (Phi) is 3.12. The molecule has 4 nitrogen and oxygen atoms in total. The van der Waals surface area contributed by atoms with E-state index in [0.29, 0.717) is 27.7 Å². The highest BCUT2D eigenvalue weighted by Crippen LogP contribution is 2.37. The molecule has 2 heterocycles. The van der Waals surface area contributed by atoms with Gasteiger partial charge in [0.25, 0.3) is 0 Å². The zero-order valence-corrected chi connectivity index (χ0v) is 11.0. The molecule has 0 unspecified atom stereocenters. The molecule has 20 heavy (non-hydrogen) atoms. The Balaban J connectivity index is 2.21. The van der Waals surface area contributed by atoms with E-state index in [1.807, 2.05) is 6.07 Å². The highest BCUT2D eigenvalue weighted by molar-refractivity contribution is 6.33. The van der Waals surface area contributed by atoms with Crippen molar-refractivity contribution in [3.05, 3.63) is 53.6 Å². The first-order valence-corrected chi connectivity index (χ1v) is 6.24. The van der Waals surface area contributed by atoms with Crippen molar-refractivity contribution in [3.63, 3.8) is 0 Å². The Morgan fingerprint density at radius 2 is 2.10 bits per heavy atom. The third kappa shape index (κ3) is 2.12. The van der Waals surface area contributed by atoms with E-state index in [0.717, 1.165) is 5.56 Å². The predicted octanol–water partition coefficient (Wildman–Crippen LogP) is 3.51. The van der Waals surface area contributed by atoms with Crippen molar-refractivity contribution in [1.29, 1.82) is 0 Å². The molecule has 0 aliphatic carbocycles. The van der Waals surface area contributed by atoms with Crippen molar-refractivity contribution in [3.8, 4) is 22.4 Å². The van der Waals surface area contributed by atoms with Gasteiger partial charge in [-0.3, -0.25) is 10.1 Å². The Morgan fingerprint density at radius 1 is 1.25 bits per heavy atom. The summed E-state index contributed by atoms with van der Waals surface area (Å²) in [5.74, 6) is -0.0532.